The number of benzene rings is 1. The molecule has 5 heteroatoms. The van der Waals surface area contributed by atoms with Gasteiger partial charge in [-0.3, -0.25) is 4.79 Å². The van der Waals surface area contributed by atoms with E-state index in [2.05, 4.69) is 4.98 Å². The molecule has 3 rings (SSSR count). The number of rotatable bonds is 3. The van der Waals surface area contributed by atoms with Crippen LogP contribution in [-0.4, -0.2) is 16.1 Å². The molecule has 1 aliphatic rings. The van der Waals surface area contributed by atoms with Gasteiger partial charge >= 0.3 is 5.97 Å². The molecular weight excluding hydrogens is 248 g/mol. The van der Waals surface area contributed by atoms with Crippen molar-refractivity contribution in [2.45, 2.75) is 25.7 Å². The number of thiazole rings is 1. The summed E-state index contributed by atoms with van der Waals surface area (Å²) in [7, 11) is 0. The Hall–Kier alpha value is -1.62. The van der Waals surface area contributed by atoms with Crippen LogP contribution in [-0.2, 0) is 11.2 Å². The lowest BCUT2D eigenvalue weighted by Gasteiger charge is -2.37. The van der Waals surface area contributed by atoms with E-state index in [1.54, 1.807) is 0 Å². The molecule has 1 saturated carbocycles. The van der Waals surface area contributed by atoms with Crippen LogP contribution in [0, 0.1) is 5.41 Å². The molecular formula is C13H14N2O2S. The third-order valence-corrected chi connectivity index (χ3v) is 4.62. The van der Waals surface area contributed by atoms with Crippen LogP contribution in [0.25, 0.3) is 10.2 Å². The lowest BCUT2D eigenvalue weighted by atomic mass is 9.65. The van der Waals surface area contributed by atoms with Gasteiger partial charge < -0.3 is 10.8 Å². The van der Waals surface area contributed by atoms with E-state index in [1.165, 1.54) is 11.3 Å². The number of nitrogen functional groups attached to an aromatic ring is 1. The van der Waals surface area contributed by atoms with Crippen molar-refractivity contribution in [2.75, 3.05) is 5.73 Å². The SMILES string of the molecule is Nc1nc2ccc(CC3(C(=O)O)CCC3)cc2s1. The van der Waals surface area contributed by atoms with E-state index >= 15 is 0 Å². The van der Waals surface area contributed by atoms with Crippen molar-refractivity contribution in [1.29, 1.82) is 0 Å². The predicted molar refractivity (Wildman–Crippen MR) is 71.7 cm³/mol. The molecule has 94 valence electrons. The molecule has 0 saturated heterocycles. The summed E-state index contributed by atoms with van der Waals surface area (Å²) in [4.78, 5) is 15.5. The Morgan fingerprint density at radius 2 is 2.28 bits per heavy atom. The maximum atomic E-state index is 11.3. The molecule has 0 bridgehead atoms. The summed E-state index contributed by atoms with van der Waals surface area (Å²) >= 11 is 1.45. The maximum absolute atomic E-state index is 11.3. The Bertz CT molecular complexity index is 616. The summed E-state index contributed by atoms with van der Waals surface area (Å²) in [6.45, 7) is 0. The average Bonchev–Trinajstić information content (AvgIpc) is 2.62. The molecule has 18 heavy (non-hydrogen) atoms. The van der Waals surface area contributed by atoms with Crippen LogP contribution in [0.4, 0.5) is 5.13 Å². The highest BCUT2D eigenvalue weighted by atomic mass is 32.1. The highest BCUT2D eigenvalue weighted by Gasteiger charge is 2.44. The van der Waals surface area contributed by atoms with E-state index in [9.17, 15) is 9.90 Å². The van der Waals surface area contributed by atoms with E-state index in [0.29, 0.717) is 11.6 Å². The first-order valence-corrected chi connectivity index (χ1v) is 6.79. The first kappa shape index (κ1) is 11.5. The van der Waals surface area contributed by atoms with Crippen LogP contribution in [0.1, 0.15) is 24.8 Å². The monoisotopic (exact) mass is 262 g/mol. The van der Waals surface area contributed by atoms with E-state index in [4.69, 9.17) is 5.73 Å². The van der Waals surface area contributed by atoms with Gasteiger partial charge in [-0.2, -0.15) is 0 Å². The Morgan fingerprint density at radius 3 is 2.89 bits per heavy atom. The van der Waals surface area contributed by atoms with Gasteiger partial charge in [0.2, 0.25) is 0 Å². The molecule has 0 radical (unpaired) electrons. The number of hydrogen-bond acceptors (Lipinski definition) is 4. The summed E-state index contributed by atoms with van der Waals surface area (Å²) in [5.41, 5.74) is 7.08. The van der Waals surface area contributed by atoms with E-state index in [1.807, 2.05) is 18.2 Å². The molecule has 0 amide bonds. The molecule has 0 unspecified atom stereocenters. The largest absolute Gasteiger partial charge is 0.481 e. The molecule has 1 heterocycles. The lowest BCUT2D eigenvalue weighted by Crippen LogP contribution is -2.39. The fraction of sp³-hybridized carbons (Fsp3) is 0.385. The van der Waals surface area contributed by atoms with Crippen molar-refractivity contribution in [1.82, 2.24) is 4.98 Å². The number of anilines is 1. The number of carbonyl (C=O) groups is 1. The fourth-order valence-electron chi connectivity index (χ4n) is 2.56. The van der Waals surface area contributed by atoms with E-state index < -0.39 is 11.4 Å². The Balaban J connectivity index is 1.92. The van der Waals surface area contributed by atoms with Crippen LogP contribution in [0.15, 0.2) is 18.2 Å². The second-order valence-corrected chi connectivity index (χ2v) is 6.03. The predicted octanol–water partition coefficient (Wildman–Crippen LogP) is 2.68. The number of carboxylic acid groups (broad SMARTS) is 1. The van der Waals surface area contributed by atoms with Gasteiger partial charge in [0.15, 0.2) is 5.13 Å². The van der Waals surface area contributed by atoms with Crippen molar-refractivity contribution < 1.29 is 9.90 Å². The van der Waals surface area contributed by atoms with E-state index in [-0.39, 0.29) is 0 Å². The van der Waals surface area contributed by atoms with Crippen molar-refractivity contribution in [2.24, 2.45) is 5.41 Å². The van der Waals surface area contributed by atoms with Crippen LogP contribution in [0.3, 0.4) is 0 Å². The number of aliphatic carboxylic acids is 1. The van der Waals surface area contributed by atoms with Gasteiger partial charge in [0.1, 0.15) is 0 Å². The lowest BCUT2D eigenvalue weighted by molar-refractivity contribution is -0.154. The van der Waals surface area contributed by atoms with Gasteiger partial charge in [-0.1, -0.05) is 23.8 Å². The van der Waals surface area contributed by atoms with Gasteiger partial charge in [0.25, 0.3) is 0 Å². The zero-order valence-corrected chi connectivity index (χ0v) is 10.7. The fourth-order valence-corrected chi connectivity index (χ4v) is 3.36. The number of nitrogens with zero attached hydrogens (tertiary/aromatic N) is 1. The molecule has 1 fully saturated rings. The first-order chi connectivity index (χ1) is 8.59. The third kappa shape index (κ3) is 1.75. The van der Waals surface area contributed by atoms with Gasteiger partial charge in [-0.25, -0.2) is 4.98 Å². The second-order valence-electron chi connectivity index (χ2n) is 4.97. The molecule has 3 N–H and O–H groups in total. The summed E-state index contributed by atoms with van der Waals surface area (Å²) in [5.74, 6) is -0.669. The number of nitrogens with two attached hydrogens (primary N) is 1. The highest BCUT2D eigenvalue weighted by molar-refractivity contribution is 7.22. The normalized spacial score (nSPS) is 17.6. The Labute approximate surface area is 108 Å². The van der Waals surface area contributed by atoms with Crippen molar-refractivity contribution in [3.63, 3.8) is 0 Å². The molecule has 0 aliphatic heterocycles. The van der Waals surface area contributed by atoms with Crippen LogP contribution < -0.4 is 5.73 Å². The minimum Gasteiger partial charge on any atom is -0.481 e. The highest BCUT2D eigenvalue weighted by Crippen LogP contribution is 2.44. The quantitative estimate of drug-likeness (QED) is 0.891. The molecule has 2 aromatic rings. The van der Waals surface area contributed by atoms with Crippen LogP contribution in [0.5, 0.6) is 0 Å². The number of aromatic nitrogens is 1. The van der Waals surface area contributed by atoms with Gasteiger partial charge in [-0.05, 0) is 37.0 Å². The van der Waals surface area contributed by atoms with E-state index in [0.717, 1.165) is 35.0 Å². The number of carboxylic acids is 1. The van der Waals surface area contributed by atoms with Crippen LogP contribution >= 0.6 is 11.3 Å². The van der Waals surface area contributed by atoms with Gasteiger partial charge in [0, 0.05) is 0 Å². The Morgan fingerprint density at radius 1 is 1.50 bits per heavy atom. The number of fused-ring (bicyclic) bond motifs is 1. The van der Waals surface area contributed by atoms with Gasteiger partial charge in [0.05, 0.1) is 15.6 Å². The summed E-state index contributed by atoms with van der Waals surface area (Å²) in [6.07, 6.45) is 3.19. The second kappa shape index (κ2) is 3.95. The average molecular weight is 262 g/mol. The Kier molecular flexibility index (Phi) is 2.52. The smallest absolute Gasteiger partial charge is 0.309 e. The first-order valence-electron chi connectivity index (χ1n) is 5.97. The van der Waals surface area contributed by atoms with Gasteiger partial charge in [-0.15, -0.1) is 0 Å². The summed E-state index contributed by atoms with van der Waals surface area (Å²) < 4.78 is 1.03. The van der Waals surface area contributed by atoms with Crippen molar-refractivity contribution >= 4 is 32.7 Å². The third-order valence-electron chi connectivity index (χ3n) is 3.78. The molecule has 4 nitrogen and oxygen atoms in total. The molecule has 1 aliphatic carbocycles. The molecule has 1 aromatic carbocycles. The molecule has 0 atom stereocenters. The summed E-state index contributed by atoms with van der Waals surface area (Å²) in [6, 6.07) is 5.91. The number of hydrogen-bond donors (Lipinski definition) is 2. The zero-order chi connectivity index (χ0) is 12.8. The minimum absolute atomic E-state index is 0.538. The van der Waals surface area contributed by atoms with Crippen LogP contribution in [0.2, 0.25) is 0 Å². The summed E-state index contributed by atoms with van der Waals surface area (Å²) in [5, 5.41) is 9.89. The standard InChI is InChI=1S/C13H14N2O2S/c14-12-15-9-3-2-8(6-10(9)18-12)7-13(11(16)17)4-1-5-13/h2-3,6H,1,4-5,7H2,(H2,14,15)(H,16,17). The molecule has 0 spiro atoms. The van der Waals surface area contributed by atoms with Crippen molar-refractivity contribution in [3.05, 3.63) is 23.8 Å². The topological polar surface area (TPSA) is 76.2 Å². The zero-order valence-electron chi connectivity index (χ0n) is 9.85. The maximum Gasteiger partial charge on any atom is 0.309 e. The molecule has 1 aromatic heterocycles. The van der Waals surface area contributed by atoms with Crippen molar-refractivity contribution in [3.8, 4) is 0 Å². The minimum atomic E-state index is -0.669.